The number of carboxylic acids is 1. The summed E-state index contributed by atoms with van der Waals surface area (Å²) in [6, 6.07) is -0.164. The summed E-state index contributed by atoms with van der Waals surface area (Å²) in [5.74, 6) is -1.65. The molecule has 0 spiro atoms. The highest BCUT2D eigenvalue weighted by atomic mass is 19.4. The molecule has 2 rings (SSSR count). The van der Waals surface area contributed by atoms with Crippen molar-refractivity contribution >= 4 is 17.9 Å². The van der Waals surface area contributed by atoms with Gasteiger partial charge in [0.25, 0.3) is 0 Å². The quantitative estimate of drug-likeness (QED) is 0.818. The fourth-order valence-corrected chi connectivity index (χ4v) is 2.01. The van der Waals surface area contributed by atoms with Crippen LogP contribution in [0.4, 0.5) is 23.9 Å². The molecule has 2 N–H and O–H groups in total. The van der Waals surface area contributed by atoms with Gasteiger partial charge in [-0.05, 0) is 19.8 Å². The van der Waals surface area contributed by atoms with Crippen molar-refractivity contribution in [2.45, 2.75) is 32.0 Å². The van der Waals surface area contributed by atoms with E-state index in [0.717, 1.165) is 25.2 Å². The van der Waals surface area contributed by atoms with Gasteiger partial charge in [0.05, 0.1) is 6.10 Å². The fourth-order valence-electron chi connectivity index (χ4n) is 2.01. The highest BCUT2D eigenvalue weighted by molar-refractivity contribution is 5.87. The summed E-state index contributed by atoms with van der Waals surface area (Å²) in [6.45, 7) is 3.20. The molecular weight excluding hydrogens is 347 g/mol. The number of methoxy groups -OCH3 is 1. The average molecular weight is 367 g/mol. The van der Waals surface area contributed by atoms with Gasteiger partial charge in [-0.1, -0.05) is 0 Å². The predicted molar refractivity (Wildman–Crippen MR) is 80.1 cm³/mol. The van der Waals surface area contributed by atoms with Crippen molar-refractivity contribution < 1.29 is 32.6 Å². The van der Waals surface area contributed by atoms with Crippen LogP contribution < -0.4 is 5.32 Å². The summed E-state index contributed by atoms with van der Waals surface area (Å²) < 4.78 is 38.7. The molecule has 2 heterocycles. The molecule has 12 heteroatoms. The Hall–Kier alpha value is -2.37. The number of aryl methyl sites for hydroxylation is 2. The Morgan fingerprint density at radius 1 is 1.40 bits per heavy atom. The number of likely N-dealkylation sites (tertiary alicyclic amines) is 1. The van der Waals surface area contributed by atoms with Crippen molar-refractivity contribution in [3.8, 4) is 0 Å². The van der Waals surface area contributed by atoms with E-state index in [-0.39, 0.29) is 12.1 Å². The van der Waals surface area contributed by atoms with E-state index in [1.807, 2.05) is 6.92 Å². The lowest BCUT2D eigenvalue weighted by molar-refractivity contribution is -0.192. The van der Waals surface area contributed by atoms with Crippen molar-refractivity contribution in [2.75, 3.05) is 25.5 Å². The number of carbonyl (C=O) groups excluding carboxylic acids is 1. The normalized spacial score (nSPS) is 17.5. The molecule has 1 unspecified atom stereocenters. The molecule has 25 heavy (non-hydrogen) atoms. The van der Waals surface area contributed by atoms with E-state index < -0.39 is 12.1 Å². The van der Waals surface area contributed by atoms with Gasteiger partial charge in [0.2, 0.25) is 5.95 Å². The third-order valence-electron chi connectivity index (χ3n) is 3.44. The van der Waals surface area contributed by atoms with Crippen LogP contribution >= 0.6 is 0 Å². The van der Waals surface area contributed by atoms with Crippen molar-refractivity contribution in [3.05, 3.63) is 5.82 Å². The SMILES string of the molecule is COC1CCCN(C(=O)Nc2nc(C)n(C)n2)C1.O=C(O)C(F)(F)F. The number of nitrogens with zero attached hydrogens (tertiary/aromatic N) is 4. The Labute approximate surface area is 141 Å². The lowest BCUT2D eigenvalue weighted by atomic mass is 10.1. The zero-order chi connectivity index (χ0) is 19.2. The number of carboxylic acid groups (broad SMARTS) is 1. The van der Waals surface area contributed by atoms with Gasteiger partial charge in [0.15, 0.2) is 0 Å². The van der Waals surface area contributed by atoms with E-state index in [2.05, 4.69) is 15.4 Å². The van der Waals surface area contributed by atoms with Gasteiger partial charge in [-0.3, -0.25) is 10.00 Å². The van der Waals surface area contributed by atoms with Crippen molar-refractivity contribution in [1.29, 1.82) is 0 Å². The first kappa shape index (κ1) is 20.7. The molecule has 0 saturated carbocycles. The van der Waals surface area contributed by atoms with Gasteiger partial charge in [0, 0.05) is 27.2 Å². The number of rotatable bonds is 2. The van der Waals surface area contributed by atoms with E-state index in [0.29, 0.717) is 12.5 Å². The van der Waals surface area contributed by atoms with E-state index >= 15 is 0 Å². The summed E-state index contributed by atoms with van der Waals surface area (Å²) in [5, 5.41) is 13.9. The number of amides is 2. The lowest BCUT2D eigenvalue weighted by Crippen LogP contribution is -2.45. The molecule has 1 aliphatic rings. The number of ether oxygens (including phenoxy) is 1. The molecule has 9 nitrogen and oxygen atoms in total. The first-order valence-corrected chi connectivity index (χ1v) is 7.31. The maximum atomic E-state index is 12.0. The number of anilines is 1. The Morgan fingerprint density at radius 3 is 2.44 bits per heavy atom. The van der Waals surface area contributed by atoms with Crippen molar-refractivity contribution in [2.24, 2.45) is 7.05 Å². The molecule has 1 saturated heterocycles. The van der Waals surface area contributed by atoms with Crippen LogP contribution in [-0.2, 0) is 16.6 Å². The molecule has 1 aliphatic heterocycles. The molecule has 0 aliphatic carbocycles. The first-order valence-electron chi connectivity index (χ1n) is 7.31. The molecule has 1 fully saturated rings. The summed E-state index contributed by atoms with van der Waals surface area (Å²) in [7, 11) is 3.47. The van der Waals surface area contributed by atoms with Gasteiger partial charge < -0.3 is 14.7 Å². The minimum atomic E-state index is -5.08. The molecular formula is C13H20F3N5O4. The lowest BCUT2D eigenvalue weighted by Gasteiger charge is -2.31. The van der Waals surface area contributed by atoms with E-state index in [9.17, 15) is 18.0 Å². The second-order valence-corrected chi connectivity index (χ2v) is 5.29. The topological polar surface area (TPSA) is 110 Å². The number of urea groups is 1. The smallest absolute Gasteiger partial charge is 0.475 e. The van der Waals surface area contributed by atoms with E-state index in [1.165, 1.54) is 0 Å². The van der Waals surface area contributed by atoms with Crippen LogP contribution in [-0.4, -0.2) is 69.3 Å². The van der Waals surface area contributed by atoms with Gasteiger partial charge in [0.1, 0.15) is 5.82 Å². The van der Waals surface area contributed by atoms with Gasteiger partial charge in [-0.15, -0.1) is 5.10 Å². The standard InChI is InChI=1S/C11H19N5O2.C2HF3O2/c1-8-12-10(14-15(8)2)13-11(17)16-6-4-5-9(7-16)18-3;3-2(4,5)1(6)7/h9H,4-7H2,1-3H3,(H,13,14,17);(H,6,7). The Kier molecular flexibility index (Phi) is 7.15. The predicted octanol–water partition coefficient (Wildman–Crippen LogP) is 1.40. The van der Waals surface area contributed by atoms with Gasteiger partial charge >= 0.3 is 18.2 Å². The number of halogens is 3. The van der Waals surface area contributed by atoms with Crippen LogP contribution in [0.1, 0.15) is 18.7 Å². The summed E-state index contributed by atoms with van der Waals surface area (Å²) in [5.41, 5.74) is 0. The van der Waals surface area contributed by atoms with Crippen LogP contribution in [0, 0.1) is 6.92 Å². The summed E-state index contributed by atoms with van der Waals surface area (Å²) >= 11 is 0. The number of aliphatic carboxylic acids is 1. The maximum absolute atomic E-state index is 12.0. The zero-order valence-corrected chi connectivity index (χ0v) is 14.0. The second kappa shape index (κ2) is 8.65. The third-order valence-corrected chi connectivity index (χ3v) is 3.44. The van der Waals surface area contributed by atoms with Crippen LogP contribution in [0.5, 0.6) is 0 Å². The van der Waals surface area contributed by atoms with Crippen LogP contribution in [0.25, 0.3) is 0 Å². The van der Waals surface area contributed by atoms with Gasteiger partial charge in [-0.25, -0.2) is 9.59 Å². The van der Waals surface area contributed by atoms with Gasteiger partial charge in [-0.2, -0.15) is 18.2 Å². The first-order chi connectivity index (χ1) is 11.5. The number of nitrogens with one attached hydrogen (secondary N) is 1. The molecule has 142 valence electrons. The number of hydrogen-bond acceptors (Lipinski definition) is 5. The van der Waals surface area contributed by atoms with E-state index in [4.69, 9.17) is 14.6 Å². The number of piperidine rings is 1. The number of alkyl halides is 3. The summed E-state index contributed by atoms with van der Waals surface area (Å²) in [4.78, 5) is 26.8. The van der Waals surface area contributed by atoms with Crippen molar-refractivity contribution in [1.82, 2.24) is 19.7 Å². The Bertz CT molecular complexity index is 585. The second-order valence-electron chi connectivity index (χ2n) is 5.29. The van der Waals surface area contributed by atoms with Crippen LogP contribution in [0.2, 0.25) is 0 Å². The molecule has 0 radical (unpaired) electrons. The Morgan fingerprint density at radius 2 is 2.00 bits per heavy atom. The molecule has 0 aromatic carbocycles. The molecule has 2 amide bonds. The minimum absolute atomic E-state index is 0.128. The number of aromatic nitrogens is 3. The zero-order valence-electron chi connectivity index (χ0n) is 14.0. The number of hydrogen-bond donors (Lipinski definition) is 2. The Balaban J connectivity index is 0.000000381. The summed E-state index contributed by atoms with van der Waals surface area (Å²) in [6.07, 6.45) is -3.00. The van der Waals surface area contributed by atoms with Crippen LogP contribution in [0.15, 0.2) is 0 Å². The third kappa shape index (κ3) is 6.57. The monoisotopic (exact) mass is 367 g/mol. The average Bonchev–Trinajstić information content (AvgIpc) is 2.84. The maximum Gasteiger partial charge on any atom is 0.490 e. The molecule has 1 atom stereocenters. The fraction of sp³-hybridized carbons (Fsp3) is 0.692. The molecule has 1 aromatic rings. The molecule has 1 aromatic heterocycles. The van der Waals surface area contributed by atoms with Crippen molar-refractivity contribution in [3.63, 3.8) is 0 Å². The highest BCUT2D eigenvalue weighted by Gasteiger charge is 2.38. The highest BCUT2D eigenvalue weighted by Crippen LogP contribution is 2.14. The number of carbonyl (C=O) groups is 2. The largest absolute Gasteiger partial charge is 0.490 e. The van der Waals surface area contributed by atoms with Crippen LogP contribution in [0.3, 0.4) is 0 Å². The molecule has 0 bridgehead atoms. The van der Waals surface area contributed by atoms with E-state index in [1.54, 1.807) is 23.7 Å². The minimum Gasteiger partial charge on any atom is -0.475 e.